The van der Waals surface area contributed by atoms with Crippen LogP contribution in [0, 0.1) is 6.92 Å². The smallest absolute Gasteiger partial charge is 0.107 e. The van der Waals surface area contributed by atoms with Crippen LogP contribution in [0.5, 0.6) is 0 Å². The fourth-order valence-corrected chi connectivity index (χ4v) is 3.90. The Morgan fingerprint density at radius 2 is 2.24 bits per heavy atom. The second-order valence-electron chi connectivity index (χ2n) is 4.66. The van der Waals surface area contributed by atoms with Gasteiger partial charge in [0, 0.05) is 28.6 Å². The molecule has 0 aliphatic rings. The minimum atomic E-state index is 0.447. The minimum Gasteiger partial charge on any atom is -0.389 e. The number of rotatable bonds is 6. The summed E-state index contributed by atoms with van der Waals surface area (Å²) < 4.78 is 0. The van der Waals surface area contributed by atoms with E-state index < -0.39 is 0 Å². The second-order valence-corrected chi connectivity index (χ2v) is 7.47. The highest BCUT2D eigenvalue weighted by molar-refractivity contribution is 7.99. The van der Waals surface area contributed by atoms with Crippen molar-refractivity contribution in [1.29, 1.82) is 0 Å². The summed E-state index contributed by atoms with van der Waals surface area (Å²) in [5.41, 5.74) is 9.06. The Labute approximate surface area is 139 Å². The van der Waals surface area contributed by atoms with Gasteiger partial charge in [0.2, 0.25) is 0 Å². The Morgan fingerprint density at radius 3 is 2.81 bits per heavy atom. The molecule has 2 rings (SSSR count). The number of thioether (sulfide) groups is 1. The van der Waals surface area contributed by atoms with Crippen LogP contribution in [-0.4, -0.2) is 22.8 Å². The van der Waals surface area contributed by atoms with Crippen LogP contribution >= 0.6 is 35.3 Å². The molecular formula is C15H19N3S3. The Balaban J connectivity index is 2.33. The zero-order valence-corrected chi connectivity index (χ0v) is 14.9. The number of hydrogen-bond acceptors (Lipinski definition) is 5. The van der Waals surface area contributed by atoms with Gasteiger partial charge in [-0.3, -0.25) is 0 Å². The summed E-state index contributed by atoms with van der Waals surface area (Å²) >= 11 is 8.70. The van der Waals surface area contributed by atoms with Crippen LogP contribution in [0.2, 0.25) is 0 Å². The van der Waals surface area contributed by atoms with E-state index in [1.807, 2.05) is 14.0 Å². The molecule has 0 spiro atoms. The van der Waals surface area contributed by atoms with E-state index in [0.29, 0.717) is 4.99 Å². The molecule has 21 heavy (non-hydrogen) atoms. The molecule has 0 radical (unpaired) electrons. The fourth-order valence-electron chi connectivity index (χ4n) is 2.17. The standard InChI is InChI=1S/C15H19N3S3/c1-4-20-13-7-5-6-12(14(13)15(16)19)18(3)8-11-9-21-10(2)17-11/h5-7,9H,4,8H2,1-3H3,(H2,16,19). The van der Waals surface area contributed by atoms with Crippen LogP contribution < -0.4 is 10.6 Å². The van der Waals surface area contributed by atoms with Crippen molar-refractivity contribution < 1.29 is 0 Å². The molecule has 1 aromatic carbocycles. The van der Waals surface area contributed by atoms with Gasteiger partial charge >= 0.3 is 0 Å². The molecule has 1 heterocycles. The molecule has 0 saturated carbocycles. The van der Waals surface area contributed by atoms with Crippen LogP contribution in [0.3, 0.4) is 0 Å². The fraction of sp³-hybridized carbons (Fsp3) is 0.333. The molecule has 0 saturated heterocycles. The molecule has 2 aromatic rings. The van der Waals surface area contributed by atoms with Crippen molar-refractivity contribution in [1.82, 2.24) is 4.98 Å². The highest BCUT2D eigenvalue weighted by Gasteiger charge is 2.15. The number of benzene rings is 1. The van der Waals surface area contributed by atoms with Crippen molar-refractivity contribution in [2.24, 2.45) is 5.73 Å². The van der Waals surface area contributed by atoms with Crippen molar-refractivity contribution in [2.75, 3.05) is 17.7 Å². The van der Waals surface area contributed by atoms with Gasteiger partial charge in [-0.15, -0.1) is 23.1 Å². The lowest BCUT2D eigenvalue weighted by Gasteiger charge is -2.23. The summed E-state index contributed by atoms with van der Waals surface area (Å²) in [5, 5.41) is 3.18. The number of hydrogen-bond donors (Lipinski definition) is 1. The first-order chi connectivity index (χ1) is 10.0. The predicted molar refractivity (Wildman–Crippen MR) is 97.7 cm³/mol. The highest BCUT2D eigenvalue weighted by Crippen LogP contribution is 2.31. The lowest BCUT2D eigenvalue weighted by atomic mass is 10.1. The average Bonchev–Trinajstić information content (AvgIpc) is 2.84. The third-order valence-electron chi connectivity index (χ3n) is 3.03. The molecule has 0 amide bonds. The number of thiazole rings is 1. The molecule has 3 nitrogen and oxygen atoms in total. The topological polar surface area (TPSA) is 42.2 Å². The maximum atomic E-state index is 5.96. The third-order valence-corrected chi connectivity index (χ3v) is 4.99. The maximum absolute atomic E-state index is 5.96. The molecular weight excluding hydrogens is 318 g/mol. The molecule has 112 valence electrons. The number of aryl methyl sites for hydroxylation is 1. The summed E-state index contributed by atoms with van der Waals surface area (Å²) in [5.74, 6) is 0.994. The molecule has 0 bridgehead atoms. The molecule has 0 unspecified atom stereocenters. The predicted octanol–water partition coefficient (Wildman–Crippen LogP) is 3.83. The van der Waals surface area contributed by atoms with E-state index in [0.717, 1.165) is 39.1 Å². The monoisotopic (exact) mass is 337 g/mol. The molecule has 0 fully saturated rings. The van der Waals surface area contributed by atoms with Crippen LogP contribution in [0.25, 0.3) is 0 Å². The Bertz CT molecular complexity index is 637. The largest absolute Gasteiger partial charge is 0.389 e. The van der Waals surface area contributed by atoms with Crippen LogP contribution in [0.1, 0.15) is 23.2 Å². The van der Waals surface area contributed by atoms with Gasteiger partial charge in [0.05, 0.1) is 17.2 Å². The summed E-state index contributed by atoms with van der Waals surface area (Å²) in [4.78, 5) is 8.26. The quantitative estimate of drug-likeness (QED) is 0.641. The lowest BCUT2D eigenvalue weighted by molar-refractivity contribution is 0.887. The zero-order chi connectivity index (χ0) is 15.4. The zero-order valence-electron chi connectivity index (χ0n) is 12.4. The summed E-state index contributed by atoms with van der Waals surface area (Å²) in [6.07, 6.45) is 0. The number of aromatic nitrogens is 1. The van der Waals surface area contributed by atoms with E-state index in [2.05, 4.69) is 40.4 Å². The Morgan fingerprint density at radius 1 is 1.48 bits per heavy atom. The third kappa shape index (κ3) is 3.96. The molecule has 2 N–H and O–H groups in total. The summed E-state index contributed by atoms with van der Waals surface area (Å²) in [7, 11) is 2.05. The Kier molecular flexibility index (Phi) is 5.61. The van der Waals surface area contributed by atoms with Gasteiger partial charge in [0.25, 0.3) is 0 Å². The first kappa shape index (κ1) is 16.3. The van der Waals surface area contributed by atoms with E-state index in [1.165, 1.54) is 0 Å². The van der Waals surface area contributed by atoms with Crippen LogP contribution in [0.4, 0.5) is 5.69 Å². The lowest BCUT2D eigenvalue weighted by Crippen LogP contribution is -2.22. The average molecular weight is 338 g/mol. The van der Waals surface area contributed by atoms with E-state index in [1.54, 1.807) is 23.1 Å². The first-order valence-corrected chi connectivity index (χ1v) is 8.98. The van der Waals surface area contributed by atoms with E-state index in [-0.39, 0.29) is 0 Å². The number of thiocarbonyl (C=S) groups is 1. The van der Waals surface area contributed by atoms with Gasteiger partial charge < -0.3 is 10.6 Å². The van der Waals surface area contributed by atoms with Gasteiger partial charge in [-0.2, -0.15) is 0 Å². The van der Waals surface area contributed by atoms with Crippen molar-refractivity contribution in [3.8, 4) is 0 Å². The normalized spacial score (nSPS) is 10.6. The van der Waals surface area contributed by atoms with Gasteiger partial charge in [-0.25, -0.2) is 4.98 Å². The molecule has 1 aromatic heterocycles. The van der Waals surface area contributed by atoms with Gasteiger partial charge in [0.15, 0.2) is 0 Å². The van der Waals surface area contributed by atoms with Gasteiger partial charge in [-0.1, -0.05) is 25.2 Å². The number of nitrogens with zero attached hydrogens (tertiary/aromatic N) is 2. The maximum Gasteiger partial charge on any atom is 0.107 e. The van der Waals surface area contributed by atoms with Gasteiger partial charge in [0.1, 0.15) is 4.99 Å². The highest BCUT2D eigenvalue weighted by atomic mass is 32.2. The SMILES string of the molecule is CCSc1cccc(N(C)Cc2csc(C)n2)c1C(N)=S. The van der Waals surface area contributed by atoms with Crippen molar-refractivity contribution in [2.45, 2.75) is 25.3 Å². The van der Waals surface area contributed by atoms with Crippen molar-refractivity contribution in [3.05, 3.63) is 39.8 Å². The summed E-state index contributed by atoms with van der Waals surface area (Å²) in [6.45, 7) is 4.90. The number of anilines is 1. The first-order valence-electron chi connectivity index (χ1n) is 6.70. The van der Waals surface area contributed by atoms with E-state index >= 15 is 0 Å². The molecule has 0 atom stereocenters. The molecule has 0 aliphatic carbocycles. The van der Waals surface area contributed by atoms with Crippen LogP contribution in [-0.2, 0) is 6.54 Å². The van der Waals surface area contributed by atoms with E-state index in [4.69, 9.17) is 18.0 Å². The molecule has 6 heteroatoms. The van der Waals surface area contributed by atoms with Crippen LogP contribution in [0.15, 0.2) is 28.5 Å². The van der Waals surface area contributed by atoms with Gasteiger partial charge in [-0.05, 0) is 24.8 Å². The Hall–Kier alpha value is -1.11. The van der Waals surface area contributed by atoms with E-state index in [9.17, 15) is 0 Å². The molecule has 0 aliphatic heterocycles. The minimum absolute atomic E-state index is 0.447. The van der Waals surface area contributed by atoms with Crippen molar-refractivity contribution in [3.63, 3.8) is 0 Å². The second kappa shape index (κ2) is 7.24. The van der Waals surface area contributed by atoms with Crippen molar-refractivity contribution >= 4 is 46.0 Å². The number of nitrogens with two attached hydrogens (primary N) is 1. The summed E-state index contributed by atoms with van der Waals surface area (Å²) in [6, 6.07) is 6.19.